The van der Waals surface area contributed by atoms with E-state index in [9.17, 15) is 0 Å². The molecule has 3 nitrogen and oxygen atoms in total. The highest BCUT2D eigenvalue weighted by atomic mass is 16.3. The second kappa shape index (κ2) is 12.5. The van der Waals surface area contributed by atoms with Crippen molar-refractivity contribution >= 4 is 60.9 Å². The Balaban J connectivity index is 1.07. The zero-order chi connectivity index (χ0) is 40.5. The van der Waals surface area contributed by atoms with Crippen molar-refractivity contribution in [2.75, 3.05) is 4.90 Å². The van der Waals surface area contributed by atoms with Gasteiger partial charge in [-0.15, -0.1) is 0 Å². The molecule has 288 valence electrons. The minimum Gasteiger partial charge on any atom is -0.456 e. The van der Waals surface area contributed by atoms with Crippen molar-refractivity contribution in [1.82, 2.24) is 0 Å². The molecule has 0 atom stereocenters. The van der Waals surface area contributed by atoms with Crippen molar-refractivity contribution in [3.05, 3.63) is 234 Å². The van der Waals surface area contributed by atoms with Crippen LogP contribution in [0.2, 0.25) is 0 Å². The maximum Gasteiger partial charge on any atom is 0.159 e. The van der Waals surface area contributed by atoms with Crippen LogP contribution in [0.4, 0.5) is 17.1 Å². The Hall–Kier alpha value is -7.62. The summed E-state index contributed by atoms with van der Waals surface area (Å²) in [5.74, 6) is 0. The van der Waals surface area contributed by atoms with E-state index in [1.165, 1.54) is 44.5 Å². The maximum atomic E-state index is 6.80. The average Bonchev–Trinajstić information content (AvgIpc) is 3.98. The third kappa shape index (κ3) is 4.58. The molecule has 61 heavy (non-hydrogen) atoms. The first-order valence-electron chi connectivity index (χ1n) is 21.2. The minimum absolute atomic E-state index is 0.175. The Morgan fingerprint density at radius 2 is 0.918 bits per heavy atom. The van der Waals surface area contributed by atoms with E-state index in [0.717, 1.165) is 72.1 Å². The van der Waals surface area contributed by atoms with Crippen LogP contribution in [0.15, 0.2) is 209 Å². The predicted molar refractivity (Wildman–Crippen MR) is 251 cm³/mol. The summed E-state index contributed by atoms with van der Waals surface area (Å²) < 4.78 is 13.1. The normalized spacial score (nSPS) is 14.3. The Morgan fingerprint density at radius 3 is 1.67 bits per heavy atom. The van der Waals surface area contributed by atoms with Crippen molar-refractivity contribution < 1.29 is 8.83 Å². The van der Waals surface area contributed by atoms with Gasteiger partial charge in [0.2, 0.25) is 0 Å². The number of hydrogen-bond acceptors (Lipinski definition) is 3. The Kier molecular flexibility index (Phi) is 6.99. The van der Waals surface area contributed by atoms with Gasteiger partial charge < -0.3 is 13.7 Å². The van der Waals surface area contributed by atoms with E-state index >= 15 is 0 Å². The summed E-state index contributed by atoms with van der Waals surface area (Å²) in [6.07, 6.45) is 0. The molecule has 0 bridgehead atoms. The summed E-state index contributed by atoms with van der Waals surface area (Å²) in [5, 5.41) is 4.46. The third-order valence-electron chi connectivity index (χ3n) is 13.8. The quantitative estimate of drug-likeness (QED) is 0.178. The third-order valence-corrected chi connectivity index (χ3v) is 13.8. The fourth-order valence-electron chi connectivity index (χ4n) is 11.1. The number of rotatable bonds is 4. The molecule has 0 fully saturated rings. The zero-order valence-electron chi connectivity index (χ0n) is 33.8. The van der Waals surface area contributed by atoms with Gasteiger partial charge in [0.05, 0.1) is 11.1 Å². The van der Waals surface area contributed by atoms with Gasteiger partial charge in [-0.3, -0.25) is 0 Å². The number of anilines is 3. The van der Waals surface area contributed by atoms with E-state index in [-0.39, 0.29) is 5.41 Å². The van der Waals surface area contributed by atoms with Crippen LogP contribution < -0.4 is 4.90 Å². The molecule has 13 rings (SSSR count). The van der Waals surface area contributed by atoms with Crippen LogP contribution in [0, 0.1) is 0 Å². The van der Waals surface area contributed by atoms with Gasteiger partial charge in [-0.1, -0.05) is 166 Å². The number of para-hydroxylation sites is 3. The first-order chi connectivity index (χ1) is 30.0. The Bertz CT molecular complexity index is 3530. The fraction of sp³-hybridized carbons (Fsp3) is 0.0690. The van der Waals surface area contributed by atoms with Crippen LogP contribution in [0.25, 0.3) is 66.1 Å². The molecule has 0 amide bonds. The second-order valence-electron chi connectivity index (χ2n) is 17.2. The molecule has 2 aliphatic carbocycles. The van der Waals surface area contributed by atoms with Crippen molar-refractivity contribution in [2.45, 2.75) is 24.7 Å². The molecule has 0 unspecified atom stereocenters. The molecule has 0 saturated heterocycles. The first kappa shape index (κ1) is 34.3. The highest BCUT2D eigenvalue weighted by Gasteiger charge is 2.53. The lowest BCUT2D eigenvalue weighted by Crippen LogP contribution is -2.40. The Morgan fingerprint density at radius 1 is 0.377 bits per heavy atom. The van der Waals surface area contributed by atoms with Gasteiger partial charge >= 0.3 is 0 Å². The van der Waals surface area contributed by atoms with Gasteiger partial charge in [0.1, 0.15) is 16.7 Å². The van der Waals surface area contributed by atoms with Crippen molar-refractivity contribution in [3.8, 4) is 22.3 Å². The molecule has 0 aliphatic heterocycles. The standard InChI is InChI=1S/C58H39NO2/c1-57(2)46-21-7-9-23-48(46)58(49-24-10-8-22-47(49)57)45-20-6-3-15-40(45)41-34-33-38(35-50(41)58)59(51-25-13-19-43-42-16-4-11-26-52(42)61-56(43)51)37-31-29-36(30-32-37)39-18-14-28-54-55(39)44-17-5-12-27-53(44)60-54/h3-35H,1-2H3. The number of hydrogen-bond donors (Lipinski definition) is 0. The van der Waals surface area contributed by atoms with Crippen molar-refractivity contribution in [2.24, 2.45) is 0 Å². The highest BCUT2D eigenvalue weighted by molar-refractivity contribution is 6.13. The first-order valence-corrected chi connectivity index (χ1v) is 21.2. The predicted octanol–water partition coefficient (Wildman–Crippen LogP) is 15.6. The van der Waals surface area contributed by atoms with Gasteiger partial charge in [0, 0.05) is 38.3 Å². The maximum absolute atomic E-state index is 6.80. The van der Waals surface area contributed by atoms with Crippen molar-refractivity contribution in [3.63, 3.8) is 0 Å². The van der Waals surface area contributed by atoms with Crippen molar-refractivity contribution in [1.29, 1.82) is 0 Å². The molecule has 2 aliphatic rings. The lowest BCUT2D eigenvalue weighted by Gasteiger charge is -2.46. The topological polar surface area (TPSA) is 29.5 Å². The van der Waals surface area contributed by atoms with Gasteiger partial charge in [-0.05, 0) is 104 Å². The minimum atomic E-state index is -0.516. The summed E-state index contributed by atoms with van der Waals surface area (Å²) in [7, 11) is 0. The molecule has 0 N–H and O–H groups in total. The van der Waals surface area contributed by atoms with E-state index in [2.05, 4.69) is 201 Å². The summed E-state index contributed by atoms with van der Waals surface area (Å²) in [6.45, 7) is 4.76. The van der Waals surface area contributed by atoms with Crippen LogP contribution >= 0.6 is 0 Å². The average molecular weight is 782 g/mol. The zero-order valence-corrected chi connectivity index (χ0v) is 33.8. The van der Waals surface area contributed by atoms with Crippen LogP contribution in [0.3, 0.4) is 0 Å². The molecule has 9 aromatic carbocycles. The summed E-state index contributed by atoms with van der Waals surface area (Å²) >= 11 is 0. The highest BCUT2D eigenvalue weighted by Crippen LogP contribution is 2.63. The molecule has 11 aromatic rings. The van der Waals surface area contributed by atoms with Gasteiger partial charge in [0.25, 0.3) is 0 Å². The van der Waals surface area contributed by atoms with Crippen LogP contribution in [-0.2, 0) is 10.8 Å². The molecule has 0 saturated carbocycles. The molecule has 2 aromatic heterocycles. The van der Waals surface area contributed by atoms with E-state index in [4.69, 9.17) is 8.83 Å². The molecule has 1 spiro atoms. The van der Waals surface area contributed by atoms with Gasteiger partial charge in [-0.2, -0.15) is 0 Å². The number of furan rings is 2. The molecular weight excluding hydrogens is 743 g/mol. The van der Waals surface area contributed by atoms with Crippen LogP contribution in [0.1, 0.15) is 47.2 Å². The molecule has 0 radical (unpaired) electrons. The number of benzene rings is 9. The number of fused-ring (bicyclic) bond motifs is 15. The molecular formula is C58H39NO2. The molecule has 3 heteroatoms. The van der Waals surface area contributed by atoms with E-state index in [1.54, 1.807) is 0 Å². The smallest absolute Gasteiger partial charge is 0.159 e. The Labute approximate surface area is 353 Å². The lowest BCUT2D eigenvalue weighted by molar-refractivity contribution is 0.563. The second-order valence-corrected chi connectivity index (χ2v) is 17.2. The summed E-state index contributed by atoms with van der Waals surface area (Å²) in [6, 6.07) is 73.0. The SMILES string of the molecule is CC1(C)c2ccccc2C2(c3ccccc3-c3ccc(N(c4ccc(-c5cccc6oc7ccccc7c56)cc4)c4cccc5c4oc4ccccc45)cc32)c2ccccc21. The van der Waals surface area contributed by atoms with Gasteiger partial charge in [0.15, 0.2) is 5.58 Å². The van der Waals surface area contributed by atoms with Gasteiger partial charge in [-0.25, -0.2) is 0 Å². The molecule has 2 heterocycles. The summed E-state index contributed by atoms with van der Waals surface area (Å²) in [4.78, 5) is 2.39. The van der Waals surface area contributed by atoms with E-state index in [1.807, 2.05) is 18.2 Å². The lowest BCUT2D eigenvalue weighted by atomic mass is 9.55. The van der Waals surface area contributed by atoms with E-state index in [0.29, 0.717) is 0 Å². The van der Waals surface area contributed by atoms with Crippen LogP contribution in [-0.4, -0.2) is 0 Å². The fourth-order valence-corrected chi connectivity index (χ4v) is 11.1. The van der Waals surface area contributed by atoms with E-state index < -0.39 is 5.41 Å². The monoisotopic (exact) mass is 781 g/mol. The summed E-state index contributed by atoms with van der Waals surface area (Å²) in [5.41, 5.74) is 18.8. The van der Waals surface area contributed by atoms with Crippen LogP contribution in [0.5, 0.6) is 0 Å². The number of nitrogens with zero attached hydrogens (tertiary/aromatic N) is 1. The largest absolute Gasteiger partial charge is 0.456 e.